The fourth-order valence-electron chi connectivity index (χ4n) is 2.18. The second-order valence-corrected chi connectivity index (χ2v) is 4.62. The Bertz CT molecular complexity index is 424. The average molecular weight is 276 g/mol. The molecule has 2 aliphatic heterocycles. The molecule has 1 aromatic rings. The second kappa shape index (κ2) is 2.92. The highest BCUT2D eigenvalue weighted by Gasteiger charge is 2.56. The van der Waals surface area contributed by atoms with Crippen molar-refractivity contribution in [1.29, 1.82) is 0 Å². The van der Waals surface area contributed by atoms with Gasteiger partial charge in [0.2, 0.25) is 0 Å². The minimum atomic E-state index is -2.91. The Morgan fingerprint density at radius 3 is 3.07 bits per heavy atom. The topological polar surface area (TPSA) is 12.5 Å². The van der Waals surface area contributed by atoms with Crippen LogP contribution >= 0.6 is 15.9 Å². The molecule has 0 radical (unpaired) electrons. The molecule has 0 aliphatic carbocycles. The van der Waals surface area contributed by atoms with Crippen LogP contribution in [0.15, 0.2) is 22.7 Å². The quantitative estimate of drug-likeness (QED) is 0.722. The highest BCUT2D eigenvalue weighted by Crippen LogP contribution is 2.50. The summed E-state index contributed by atoms with van der Waals surface area (Å²) in [6.45, 7) is 0.907. The molecule has 0 aromatic heterocycles. The van der Waals surface area contributed by atoms with Crippen LogP contribution in [0, 0.1) is 0 Å². The molecule has 3 rings (SSSR count). The minimum Gasteiger partial charge on any atom is -0.350 e. The largest absolute Gasteiger partial charge is 0.350 e. The van der Waals surface area contributed by atoms with Gasteiger partial charge in [0.15, 0.2) is 6.23 Å². The molecule has 0 spiro atoms. The number of halogens is 3. The molecule has 2 nitrogen and oxygen atoms in total. The fourth-order valence-corrected chi connectivity index (χ4v) is 2.54. The number of anilines is 1. The zero-order valence-corrected chi connectivity index (χ0v) is 9.30. The Balaban J connectivity index is 2.20. The smallest absolute Gasteiger partial charge is 0.319 e. The van der Waals surface area contributed by atoms with E-state index in [2.05, 4.69) is 15.9 Å². The number of nitrogens with zero attached hydrogens (tertiary/aromatic N) is 1. The Morgan fingerprint density at radius 1 is 1.47 bits per heavy atom. The third-order valence-corrected chi connectivity index (χ3v) is 3.32. The van der Waals surface area contributed by atoms with Crippen molar-refractivity contribution in [3.8, 4) is 0 Å². The first-order valence-electron chi connectivity index (χ1n) is 4.67. The summed E-state index contributed by atoms with van der Waals surface area (Å²) in [7, 11) is 0. The Morgan fingerprint density at radius 2 is 2.27 bits per heavy atom. The summed E-state index contributed by atoms with van der Waals surface area (Å²) >= 11 is 3.20. The van der Waals surface area contributed by atoms with E-state index in [0.29, 0.717) is 23.3 Å². The lowest BCUT2D eigenvalue weighted by molar-refractivity contribution is -0.111. The first kappa shape index (κ1) is 9.54. The van der Waals surface area contributed by atoms with Crippen LogP contribution in [0.2, 0.25) is 0 Å². The third kappa shape index (κ3) is 1.16. The number of alkyl halides is 2. The molecule has 0 bridgehead atoms. The Hall–Kier alpha value is -0.680. The van der Waals surface area contributed by atoms with Crippen molar-refractivity contribution in [2.45, 2.75) is 12.2 Å². The van der Waals surface area contributed by atoms with Crippen molar-refractivity contribution in [2.75, 3.05) is 18.1 Å². The van der Waals surface area contributed by atoms with Crippen LogP contribution in [0.4, 0.5) is 14.5 Å². The van der Waals surface area contributed by atoms with E-state index in [9.17, 15) is 8.78 Å². The lowest BCUT2D eigenvalue weighted by Gasteiger charge is -2.19. The molecule has 0 saturated carbocycles. The monoisotopic (exact) mass is 275 g/mol. The maximum atomic E-state index is 13.9. The minimum absolute atomic E-state index is 0.0570. The maximum Gasteiger partial charge on any atom is 0.319 e. The normalized spacial score (nSPS) is 26.6. The molecule has 1 atom stereocenters. The fraction of sp³-hybridized carbons (Fsp3) is 0.400. The van der Waals surface area contributed by atoms with Crippen LogP contribution in [0.25, 0.3) is 0 Å². The number of fused-ring (bicyclic) bond motifs is 3. The molecule has 80 valence electrons. The number of benzene rings is 1. The Labute approximate surface area is 94.0 Å². The van der Waals surface area contributed by atoms with E-state index in [0.717, 1.165) is 0 Å². The van der Waals surface area contributed by atoms with E-state index in [1.54, 1.807) is 17.0 Å². The van der Waals surface area contributed by atoms with Gasteiger partial charge in [-0.1, -0.05) is 15.9 Å². The zero-order valence-electron chi connectivity index (χ0n) is 7.71. The lowest BCUT2D eigenvalue weighted by Crippen LogP contribution is -2.35. The molecular formula is C10H8BrF2NO. The standard InChI is InChI=1S/C10H8BrF2NO/c11-6-1-2-8-7(5-6)10(12,13)9-14(8)3-4-15-9/h1-2,5,9H,3-4H2. The predicted molar refractivity (Wildman–Crippen MR) is 55.1 cm³/mol. The van der Waals surface area contributed by atoms with Gasteiger partial charge in [-0.3, -0.25) is 0 Å². The molecule has 1 fully saturated rings. The molecular weight excluding hydrogens is 268 g/mol. The number of rotatable bonds is 0. The lowest BCUT2D eigenvalue weighted by atomic mass is 10.1. The summed E-state index contributed by atoms with van der Waals surface area (Å²) < 4.78 is 33.5. The van der Waals surface area contributed by atoms with Gasteiger partial charge in [-0.25, -0.2) is 0 Å². The van der Waals surface area contributed by atoms with Gasteiger partial charge in [0.1, 0.15) is 0 Å². The molecule has 1 unspecified atom stereocenters. The van der Waals surface area contributed by atoms with Crippen molar-refractivity contribution >= 4 is 21.6 Å². The van der Waals surface area contributed by atoms with Crippen molar-refractivity contribution in [3.63, 3.8) is 0 Å². The van der Waals surface area contributed by atoms with Gasteiger partial charge in [-0.2, -0.15) is 8.78 Å². The molecule has 2 aliphatic rings. The number of hydrogen-bond acceptors (Lipinski definition) is 2. The van der Waals surface area contributed by atoms with E-state index in [-0.39, 0.29) is 5.56 Å². The first-order chi connectivity index (χ1) is 7.10. The highest BCUT2D eigenvalue weighted by atomic mass is 79.9. The maximum absolute atomic E-state index is 13.9. The van der Waals surface area contributed by atoms with E-state index >= 15 is 0 Å². The van der Waals surface area contributed by atoms with Crippen molar-refractivity contribution in [3.05, 3.63) is 28.2 Å². The van der Waals surface area contributed by atoms with Gasteiger partial charge in [-0.15, -0.1) is 0 Å². The summed E-state index contributed by atoms with van der Waals surface area (Å²) in [5, 5.41) is 0. The molecule has 1 saturated heterocycles. The average Bonchev–Trinajstić information content (AvgIpc) is 2.72. The summed E-state index contributed by atoms with van der Waals surface area (Å²) in [5.41, 5.74) is 0.646. The molecule has 0 amide bonds. The van der Waals surface area contributed by atoms with Crippen LogP contribution in [-0.2, 0) is 10.7 Å². The van der Waals surface area contributed by atoms with Gasteiger partial charge < -0.3 is 9.64 Å². The third-order valence-electron chi connectivity index (χ3n) is 2.83. The van der Waals surface area contributed by atoms with Crippen molar-refractivity contribution in [2.24, 2.45) is 0 Å². The summed E-state index contributed by atoms with van der Waals surface area (Å²) in [5.74, 6) is -2.91. The highest BCUT2D eigenvalue weighted by molar-refractivity contribution is 9.10. The SMILES string of the molecule is FC1(F)c2cc(Br)ccc2N2CCOC21. The summed E-state index contributed by atoms with van der Waals surface area (Å²) in [6, 6.07) is 4.95. The van der Waals surface area contributed by atoms with Crippen molar-refractivity contribution < 1.29 is 13.5 Å². The summed E-state index contributed by atoms with van der Waals surface area (Å²) in [4.78, 5) is 1.63. The molecule has 15 heavy (non-hydrogen) atoms. The van der Waals surface area contributed by atoms with Gasteiger partial charge in [0.05, 0.1) is 12.2 Å². The van der Waals surface area contributed by atoms with E-state index in [1.807, 2.05) is 0 Å². The molecule has 5 heteroatoms. The van der Waals surface area contributed by atoms with Crippen LogP contribution < -0.4 is 4.90 Å². The van der Waals surface area contributed by atoms with Gasteiger partial charge in [-0.05, 0) is 18.2 Å². The van der Waals surface area contributed by atoms with Crippen LogP contribution in [0.1, 0.15) is 5.56 Å². The molecule has 2 heterocycles. The number of hydrogen-bond donors (Lipinski definition) is 0. The first-order valence-corrected chi connectivity index (χ1v) is 5.46. The Kier molecular flexibility index (Phi) is 1.86. The molecule has 1 aromatic carbocycles. The van der Waals surface area contributed by atoms with Gasteiger partial charge in [0, 0.05) is 16.7 Å². The second-order valence-electron chi connectivity index (χ2n) is 3.70. The van der Waals surface area contributed by atoms with E-state index in [1.165, 1.54) is 6.07 Å². The van der Waals surface area contributed by atoms with Crippen LogP contribution in [0.3, 0.4) is 0 Å². The van der Waals surface area contributed by atoms with E-state index in [4.69, 9.17) is 4.74 Å². The van der Waals surface area contributed by atoms with Crippen molar-refractivity contribution in [1.82, 2.24) is 0 Å². The van der Waals surface area contributed by atoms with E-state index < -0.39 is 12.2 Å². The van der Waals surface area contributed by atoms with Crippen LogP contribution in [0.5, 0.6) is 0 Å². The van der Waals surface area contributed by atoms with Gasteiger partial charge >= 0.3 is 5.92 Å². The number of ether oxygens (including phenoxy) is 1. The molecule has 0 N–H and O–H groups in total. The van der Waals surface area contributed by atoms with Gasteiger partial charge in [0.25, 0.3) is 0 Å². The van der Waals surface area contributed by atoms with Crippen LogP contribution in [-0.4, -0.2) is 19.4 Å². The summed E-state index contributed by atoms with van der Waals surface area (Å²) in [6.07, 6.45) is -1.11. The zero-order chi connectivity index (χ0) is 10.6. The predicted octanol–water partition coefficient (Wildman–Crippen LogP) is 2.72.